The molecule has 0 atom stereocenters. The molecule has 6 nitrogen and oxygen atoms in total. The Bertz CT molecular complexity index is 991. The lowest BCUT2D eigenvalue weighted by Gasteiger charge is -2.13. The minimum absolute atomic E-state index is 0.115. The number of nitrogens with one attached hydrogen (secondary N) is 1. The Kier molecular flexibility index (Phi) is 5.57. The van der Waals surface area contributed by atoms with E-state index in [0.717, 1.165) is 22.5 Å². The van der Waals surface area contributed by atoms with Gasteiger partial charge in [0.15, 0.2) is 5.65 Å². The van der Waals surface area contributed by atoms with Crippen LogP contribution in [-0.4, -0.2) is 33.6 Å². The number of aryl methyl sites for hydroxylation is 2. The van der Waals surface area contributed by atoms with Gasteiger partial charge in [-0.2, -0.15) is 0 Å². The molecule has 0 unspecified atom stereocenters. The van der Waals surface area contributed by atoms with Crippen molar-refractivity contribution < 1.29 is 9.90 Å². The van der Waals surface area contributed by atoms with Crippen LogP contribution >= 0.6 is 0 Å². The van der Waals surface area contributed by atoms with Gasteiger partial charge in [0.05, 0.1) is 23.6 Å². The van der Waals surface area contributed by atoms with Crippen LogP contribution in [0, 0.1) is 13.8 Å². The zero-order chi connectivity index (χ0) is 19.4. The van der Waals surface area contributed by atoms with E-state index < -0.39 is 0 Å². The molecule has 2 aromatic heterocycles. The Hall–Kier alpha value is -3.12. The number of hydrogen-bond acceptors (Lipinski definition) is 4. The SMILES string of the molecule is Cc1nc2c(N)c(C/C=C/c3ccccc3)c(C(=O)NCCO)cn2c1C. The average molecular weight is 364 g/mol. The number of carbonyl (C=O) groups excluding carboxylic acids is 1. The molecule has 3 aromatic rings. The molecule has 27 heavy (non-hydrogen) atoms. The molecule has 0 bridgehead atoms. The molecule has 0 saturated heterocycles. The lowest BCUT2D eigenvalue weighted by atomic mass is 10.0. The summed E-state index contributed by atoms with van der Waals surface area (Å²) in [5.74, 6) is -0.258. The molecule has 0 radical (unpaired) electrons. The van der Waals surface area contributed by atoms with E-state index in [1.165, 1.54) is 0 Å². The first-order chi connectivity index (χ1) is 13.0. The van der Waals surface area contributed by atoms with E-state index in [-0.39, 0.29) is 19.1 Å². The number of rotatable bonds is 6. The topological polar surface area (TPSA) is 92.6 Å². The minimum Gasteiger partial charge on any atom is -0.395 e. The number of fused-ring (bicyclic) bond motifs is 1. The van der Waals surface area contributed by atoms with Crippen molar-refractivity contribution in [3.05, 3.63) is 70.7 Å². The molecule has 4 N–H and O–H groups in total. The predicted molar refractivity (Wildman–Crippen MR) is 108 cm³/mol. The van der Waals surface area contributed by atoms with E-state index in [1.807, 2.05) is 60.7 Å². The number of allylic oxidation sites excluding steroid dienone is 1. The molecular weight excluding hydrogens is 340 g/mol. The number of carbonyl (C=O) groups is 1. The van der Waals surface area contributed by atoms with Gasteiger partial charge in [-0.15, -0.1) is 0 Å². The van der Waals surface area contributed by atoms with Gasteiger partial charge in [-0.05, 0) is 31.4 Å². The summed E-state index contributed by atoms with van der Waals surface area (Å²) in [4.78, 5) is 17.2. The molecule has 0 aliphatic heterocycles. The Labute approximate surface area is 158 Å². The number of amides is 1. The molecule has 2 heterocycles. The number of anilines is 1. The van der Waals surface area contributed by atoms with Crippen LogP contribution in [0.2, 0.25) is 0 Å². The second-order valence-electron chi connectivity index (χ2n) is 6.41. The number of pyridine rings is 1. The second-order valence-corrected chi connectivity index (χ2v) is 6.41. The van der Waals surface area contributed by atoms with Crippen LogP contribution in [0.1, 0.15) is 32.9 Å². The Morgan fingerprint density at radius 3 is 2.74 bits per heavy atom. The smallest absolute Gasteiger partial charge is 0.253 e. The summed E-state index contributed by atoms with van der Waals surface area (Å²) >= 11 is 0. The molecule has 0 spiro atoms. The molecule has 0 aliphatic rings. The van der Waals surface area contributed by atoms with Crippen molar-refractivity contribution in [2.45, 2.75) is 20.3 Å². The zero-order valence-electron chi connectivity index (χ0n) is 15.6. The van der Waals surface area contributed by atoms with Crippen molar-refractivity contribution in [1.82, 2.24) is 14.7 Å². The van der Waals surface area contributed by atoms with Gasteiger partial charge in [0.1, 0.15) is 0 Å². The largest absolute Gasteiger partial charge is 0.395 e. The van der Waals surface area contributed by atoms with Crippen LogP contribution < -0.4 is 11.1 Å². The van der Waals surface area contributed by atoms with Gasteiger partial charge in [-0.3, -0.25) is 4.79 Å². The summed E-state index contributed by atoms with van der Waals surface area (Å²) in [7, 11) is 0. The lowest BCUT2D eigenvalue weighted by Crippen LogP contribution is -2.28. The molecule has 1 amide bonds. The highest BCUT2D eigenvalue weighted by Crippen LogP contribution is 2.26. The van der Waals surface area contributed by atoms with Crippen molar-refractivity contribution in [2.75, 3.05) is 18.9 Å². The fourth-order valence-electron chi connectivity index (χ4n) is 3.02. The van der Waals surface area contributed by atoms with Crippen LogP contribution in [0.15, 0.2) is 42.6 Å². The quantitative estimate of drug-likeness (QED) is 0.627. The standard InChI is InChI=1S/C21H24N4O2/c1-14-15(2)25-13-18(21(27)23-11-12-26)17(19(22)20(25)24-14)10-6-9-16-7-4-3-5-8-16/h3-9,13,26H,10-12,22H2,1-2H3,(H,23,27)/b9-6+. The summed E-state index contributed by atoms with van der Waals surface area (Å²) in [6.07, 6.45) is 6.27. The Morgan fingerprint density at radius 2 is 2.04 bits per heavy atom. The summed E-state index contributed by atoms with van der Waals surface area (Å²) in [6.45, 7) is 3.94. The number of nitrogens with two attached hydrogens (primary N) is 1. The molecule has 1 aromatic carbocycles. The lowest BCUT2D eigenvalue weighted by molar-refractivity contribution is 0.0943. The highest BCUT2D eigenvalue weighted by molar-refractivity contribution is 5.98. The van der Waals surface area contributed by atoms with Crippen LogP contribution in [0.5, 0.6) is 0 Å². The molecule has 0 fully saturated rings. The number of aliphatic hydroxyl groups excluding tert-OH is 1. The number of aromatic nitrogens is 2. The number of hydrogen-bond donors (Lipinski definition) is 3. The van der Waals surface area contributed by atoms with E-state index >= 15 is 0 Å². The van der Waals surface area contributed by atoms with Gasteiger partial charge in [-0.1, -0.05) is 42.5 Å². The fraction of sp³-hybridized carbons (Fsp3) is 0.238. The predicted octanol–water partition coefficient (Wildman–Crippen LogP) is 2.51. The molecule has 3 rings (SSSR count). The molecule has 6 heteroatoms. The van der Waals surface area contributed by atoms with E-state index in [1.54, 1.807) is 6.20 Å². The summed E-state index contributed by atoms with van der Waals surface area (Å²) < 4.78 is 1.85. The highest BCUT2D eigenvalue weighted by atomic mass is 16.3. The van der Waals surface area contributed by atoms with Gasteiger partial charge in [0.25, 0.3) is 5.91 Å². The van der Waals surface area contributed by atoms with E-state index in [4.69, 9.17) is 10.8 Å². The van der Waals surface area contributed by atoms with Crippen molar-refractivity contribution >= 4 is 23.3 Å². The number of nitrogen functional groups attached to an aromatic ring is 1. The third-order valence-electron chi connectivity index (χ3n) is 4.61. The average Bonchev–Trinajstić information content (AvgIpc) is 2.97. The third-order valence-corrected chi connectivity index (χ3v) is 4.61. The van der Waals surface area contributed by atoms with Gasteiger partial charge >= 0.3 is 0 Å². The summed E-state index contributed by atoms with van der Waals surface area (Å²) in [6, 6.07) is 9.95. The van der Waals surface area contributed by atoms with E-state index in [0.29, 0.717) is 23.3 Å². The zero-order valence-corrected chi connectivity index (χ0v) is 15.6. The Balaban J connectivity index is 2.03. The number of nitrogens with zero attached hydrogens (tertiary/aromatic N) is 2. The van der Waals surface area contributed by atoms with Gasteiger partial charge in [0.2, 0.25) is 0 Å². The first-order valence-corrected chi connectivity index (χ1v) is 8.90. The minimum atomic E-state index is -0.258. The fourth-order valence-corrected chi connectivity index (χ4v) is 3.02. The second kappa shape index (κ2) is 8.05. The maximum Gasteiger partial charge on any atom is 0.253 e. The maximum absolute atomic E-state index is 12.6. The molecule has 0 aliphatic carbocycles. The van der Waals surface area contributed by atoms with Crippen LogP contribution in [0.25, 0.3) is 11.7 Å². The maximum atomic E-state index is 12.6. The van der Waals surface area contributed by atoms with E-state index in [9.17, 15) is 4.79 Å². The van der Waals surface area contributed by atoms with Crippen LogP contribution in [0.4, 0.5) is 5.69 Å². The summed E-state index contributed by atoms with van der Waals surface area (Å²) in [5.41, 5.74) is 11.7. The van der Waals surface area contributed by atoms with Gasteiger partial charge in [0, 0.05) is 18.4 Å². The number of imidazole rings is 1. The first-order valence-electron chi connectivity index (χ1n) is 8.90. The Morgan fingerprint density at radius 1 is 1.30 bits per heavy atom. The van der Waals surface area contributed by atoms with Crippen molar-refractivity contribution in [3.63, 3.8) is 0 Å². The normalized spacial score (nSPS) is 11.4. The molecular formula is C21H24N4O2. The van der Waals surface area contributed by atoms with E-state index in [2.05, 4.69) is 10.3 Å². The first kappa shape index (κ1) is 18.7. The summed E-state index contributed by atoms with van der Waals surface area (Å²) in [5, 5.41) is 11.7. The number of aliphatic hydroxyl groups is 1. The van der Waals surface area contributed by atoms with Gasteiger partial charge < -0.3 is 20.6 Å². The van der Waals surface area contributed by atoms with Crippen molar-refractivity contribution in [1.29, 1.82) is 0 Å². The molecule has 140 valence electrons. The highest BCUT2D eigenvalue weighted by Gasteiger charge is 2.19. The van der Waals surface area contributed by atoms with Crippen LogP contribution in [0.3, 0.4) is 0 Å². The van der Waals surface area contributed by atoms with Crippen molar-refractivity contribution in [2.24, 2.45) is 0 Å². The third kappa shape index (κ3) is 3.85. The van der Waals surface area contributed by atoms with Gasteiger partial charge in [-0.25, -0.2) is 4.98 Å². The van der Waals surface area contributed by atoms with Crippen LogP contribution in [-0.2, 0) is 6.42 Å². The monoisotopic (exact) mass is 364 g/mol. The number of benzene rings is 1. The molecule has 0 saturated carbocycles. The van der Waals surface area contributed by atoms with Crippen molar-refractivity contribution in [3.8, 4) is 0 Å².